The van der Waals surface area contributed by atoms with Gasteiger partial charge in [-0.15, -0.1) is 0 Å². The molecule has 2 aromatic heterocycles. The molecule has 2 aliphatic rings. The van der Waals surface area contributed by atoms with Gasteiger partial charge in [0, 0.05) is 41.9 Å². The summed E-state index contributed by atoms with van der Waals surface area (Å²) < 4.78 is 21.9. The third kappa shape index (κ3) is 3.55. The van der Waals surface area contributed by atoms with Crippen molar-refractivity contribution in [3.8, 4) is 22.9 Å². The van der Waals surface area contributed by atoms with Crippen LogP contribution in [0.1, 0.15) is 41.3 Å². The molecule has 0 aliphatic carbocycles. The first-order chi connectivity index (χ1) is 16.7. The largest absolute Gasteiger partial charge is 0.493 e. The molecule has 1 saturated heterocycles. The van der Waals surface area contributed by atoms with Crippen LogP contribution in [0.5, 0.6) is 5.75 Å². The Morgan fingerprint density at radius 3 is 2.91 bits per heavy atom. The summed E-state index contributed by atoms with van der Waals surface area (Å²) in [5.74, 6) is 0.956. The molecular weight excluding hydrogens is 431 g/mol. The maximum atomic E-state index is 14.6. The van der Waals surface area contributed by atoms with Crippen molar-refractivity contribution in [1.82, 2.24) is 19.7 Å². The lowest BCUT2D eigenvalue weighted by Crippen LogP contribution is -2.12. The number of hydrogen-bond donors (Lipinski definition) is 2. The van der Waals surface area contributed by atoms with Gasteiger partial charge in [0.1, 0.15) is 17.6 Å². The van der Waals surface area contributed by atoms with Gasteiger partial charge in [0.2, 0.25) is 5.95 Å². The number of hydrogen-bond acceptors (Lipinski definition) is 6. The van der Waals surface area contributed by atoms with Crippen molar-refractivity contribution in [3.05, 3.63) is 77.0 Å². The summed E-state index contributed by atoms with van der Waals surface area (Å²) in [4.78, 5) is 9.12. The highest BCUT2D eigenvalue weighted by atomic mass is 19.1. The highest BCUT2D eigenvalue weighted by molar-refractivity contribution is 5.78. The lowest BCUT2D eigenvalue weighted by Gasteiger charge is -2.14. The molecule has 0 saturated carbocycles. The monoisotopic (exact) mass is 454 g/mol. The molecule has 6 rings (SSSR count). The molecule has 0 radical (unpaired) electrons. The summed E-state index contributed by atoms with van der Waals surface area (Å²) >= 11 is 0. The topological polar surface area (TPSA) is 87.3 Å². The van der Waals surface area contributed by atoms with Crippen LogP contribution in [-0.4, -0.2) is 27.5 Å². The Morgan fingerprint density at radius 1 is 1.24 bits per heavy atom. The van der Waals surface area contributed by atoms with E-state index in [0.717, 1.165) is 35.4 Å². The van der Waals surface area contributed by atoms with E-state index in [9.17, 15) is 9.65 Å². The predicted octanol–water partition coefficient (Wildman–Crippen LogP) is 4.38. The number of anilines is 1. The van der Waals surface area contributed by atoms with Gasteiger partial charge >= 0.3 is 0 Å². The van der Waals surface area contributed by atoms with Gasteiger partial charge in [0.25, 0.3) is 0 Å². The molecular formula is C26H23FN6O. The second-order valence-corrected chi connectivity index (χ2v) is 8.65. The fourth-order valence-electron chi connectivity index (χ4n) is 4.90. The van der Waals surface area contributed by atoms with Crippen molar-refractivity contribution >= 4 is 11.6 Å². The van der Waals surface area contributed by atoms with Crippen LogP contribution in [0.3, 0.4) is 0 Å². The lowest BCUT2D eigenvalue weighted by atomic mass is 10.0. The van der Waals surface area contributed by atoms with Gasteiger partial charge in [0.15, 0.2) is 11.3 Å². The number of benzene rings is 2. The summed E-state index contributed by atoms with van der Waals surface area (Å²) in [5.41, 5.74) is 5.47. The molecule has 0 spiro atoms. The van der Waals surface area contributed by atoms with E-state index in [1.807, 2.05) is 0 Å². The van der Waals surface area contributed by atoms with E-state index in [1.54, 1.807) is 22.9 Å². The van der Waals surface area contributed by atoms with E-state index >= 15 is 0 Å². The van der Waals surface area contributed by atoms with Crippen LogP contribution in [-0.2, 0) is 13.0 Å². The van der Waals surface area contributed by atoms with E-state index in [-0.39, 0.29) is 12.4 Å². The first-order valence-corrected chi connectivity index (χ1v) is 11.5. The Morgan fingerprint density at radius 2 is 2.12 bits per heavy atom. The molecule has 34 heavy (non-hydrogen) atoms. The average Bonchev–Trinajstić information content (AvgIpc) is 3.64. The third-order valence-corrected chi connectivity index (χ3v) is 6.65. The molecule has 1 atom stereocenters. The van der Waals surface area contributed by atoms with Gasteiger partial charge in [-0.1, -0.05) is 24.3 Å². The zero-order chi connectivity index (χ0) is 23.1. The van der Waals surface area contributed by atoms with Gasteiger partial charge in [-0.2, -0.15) is 5.26 Å². The number of nitriles is 1. The summed E-state index contributed by atoms with van der Waals surface area (Å²) in [6.45, 7) is 1.87. The van der Waals surface area contributed by atoms with Gasteiger partial charge in [-0.3, -0.25) is 4.40 Å². The molecule has 0 bridgehead atoms. The number of halogens is 1. The third-order valence-electron chi connectivity index (χ3n) is 6.65. The number of nitrogens with one attached hydrogen (secondary N) is 2. The van der Waals surface area contributed by atoms with Crippen LogP contribution in [0.4, 0.5) is 10.3 Å². The Balaban J connectivity index is 1.33. The van der Waals surface area contributed by atoms with Crippen molar-refractivity contribution in [3.63, 3.8) is 0 Å². The minimum absolute atomic E-state index is 0.253. The molecule has 4 aromatic rings. The first kappa shape index (κ1) is 20.6. The smallest absolute Gasteiger partial charge is 0.208 e. The van der Waals surface area contributed by atoms with Crippen LogP contribution >= 0.6 is 0 Å². The lowest BCUT2D eigenvalue weighted by molar-refractivity contribution is 0.356. The molecule has 8 heteroatoms. The van der Waals surface area contributed by atoms with Gasteiger partial charge in [-0.05, 0) is 42.6 Å². The van der Waals surface area contributed by atoms with Crippen molar-refractivity contribution < 1.29 is 9.13 Å². The summed E-state index contributed by atoms with van der Waals surface area (Å²) in [6.07, 6.45) is 6.43. The van der Waals surface area contributed by atoms with Gasteiger partial charge in [-0.25, -0.2) is 14.4 Å². The SMILES string of the molecule is N#Cc1cn2c(NCc3c(F)ccc4c3CCO4)ncc(-c3ccc([C@@H]4CCCN4)cc3)c2n1. The maximum Gasteiger partial charge on any atom is 0.208 e. The number of nitrogens with zero attached hydrogens (tertiary/aromatic N) is 4. The molecule has 0 unspecified atom stereocenters. The van der Waals surface area contributed by atoms with E-state index in [4.69, 9.17) is 4.74 Å². The zero-order valence-corrected chi connectivity index (χ0v) is 18.5. The number of rotatable bonds is 5. The Bertz CT molecular complexity index is 1420. The van der Waals surface area contributed by atoms with Crippen LogP contribution in [0.2, 0.25) is 0 Å². The van der Waals surface area contributed by atoms with E-state index in [1.165, 1.54) is 18.1 Å². The molecule has 4 heterocycles. The number of fused-ring (bicyclic) bond motifs is 2. The quantitative estimate of drug-likeness (QED) is 0.465. The number of ether oxygens (including phenoxy) is 1. The second-order valence-electron chi connectivity index (χ2n) is 8.65. The van der Waals surface area contributed by atoms with Crippen LogP contribution < -0.4 is 15.4 Å². The van der Waals surface area contributed by atoms with Crippen molar-refractivity contribution in [1.29, 1.82) is 5.26 Å². The van der Waals surface area contributed by atoms with E-state index in [0.29, 0.717) is 41.9 Å². The second kappa shape index (κ2) is 8.43. The van der Waals surface area contributed by atoms with Crippen molar-refractivity contribution in [2.45, 2.75) is 31.8 Å². The summed E-state index contributed by atoms with van der Waals surface area (Å²) in [6, 6.07) is 14.0. The molecule has 0 amide bonds. The number of aromatic nitrogens is 3. The van der Waals surface area contributed by atoms with Crippen LogP contribution in [0, 0.1) is 17.1 Å². The Hall–Kier alpha value is -3.96. The van der Waals surface area contributed by atoms with Gasteiger partial charge < -0.3 is 15.4 Å². The summed E-state index contributed by atoms with van der Waals surface area (Å²) in [7, 11) is 0. The fourth-order valence-corrected chi connectivity index (χ4v) is 4.90. The highest BCUT2D eigenvalue weighted by Crippen LogP contribution is 2.32. The zero-order valence-electron chi connectivity index (χ0n) is 18.5. The number of imidazole rings is 1. The average molecular weight is 455 g/mol. The minimum Gasteiger partial charge on any atom is -0.493 e. The molecule has 7 nitrogen and oxygen atoms in total. The predicted molar refractivity (Wildman–Crippen MR) is 126 cm³/mol. The fraction of sp³-hybridized carbons (Fsp3) is 0.269. The Kier molecular flexibility index (Phi) is 5.12. The van der Waals surface area contributed by atoms with E-state index < -0.39 is 0 Å². The first-order valence-electron chi connectivity index (χ1n) is 11.5. The standard InChI is InChI=1S/C26H23FN6O/c27-22-7-8-24-19(9-11-34-24)21(22)14-31-26-30-13-20(25-32-18(12-28)15-33(25)26)16-3-5-17(6-4-16)23-2-1-10-29-23/h3-8,13,15,23,29H,1-2,9-11,14H2,(H,30,31)/t23-/m0/s1. The highest BCUT2D eigenvalue weighted by Gasteiger charge is 2.21. The Labute approximate surface area is 196 Å². The van der Waals surface area contributed by atoms with Crippen molar-refractivity contribution in [2.75, 3.05) is 18.5 Å². The molecule has 2 N–H and O–H groups in total. The van der Waals surface area contributed by atoms with Gasteiger partial charge in [0.05, 0.1) is 12.8 Å². The minimum atomic E-state index is -0.273. The van der Waals surface area contributed by atoms with Crippen LogP contribution in [0.25, 0.3) is 16.8 Å². The van der Waals surface area contributed by atoms with Crippen LogP contribution in [0.15, 0.2) is 48.8 Å². The van der Waals surface area contributed by atoms with E-state index in [2.05, 4.69) is 50.9 Å². The molecule has 1 fully saturated rings. The molecule has 2 aliphatic heterocycles. The van der Waals surface area contributed by atoms with Crippen molar-refractivity contribution in [2.24, 2.45) is 0 Å². The maximum absolute atomic E-state index is 14.6. The molecule has 2 aromatic carbocycles. The normalized spacial score (nSPS) is 16.9. The molecule has 170 valence electrons. The summed E-state index contributed by atoms with van der Waals surface area (Å²) in [5, 5.41) is 16.2.